The molecule has 2 aromatic rings. The zero-order valence-corrected chi connectivity index (χ0v) is 10.9. The molecule has 0 spiro atoms. The molecule has 0 saturated carbocycles. The molecule has 0 N–H and O–H groups in total. The fourth-order valence-electron chi connectivity index (χ4n) is 1.46. The molecular weight excluding hydrogens is 306 g/mol. The minimum atomic E-state index is -0.542. The molecule has 0 heterocycles. The Morgan fingerprint density at radius 1 is 1.12 bits per heavy atom. The number of carbonyl (C=O) groups excluding carboxylic acids is 1. The van der Waals surface area contributed by atoms with Crippen LogP contribution in [0.4, 0.5) is 4.39 Å². The average molecular weight is 314 g/mol. The SMILES string of the molecule is O=C(c1ccc(Cl)cc1)c1c(F)cccc1Br. The third-order valence-electron chi connectivity index (χ3n) is 2.30. The van der Waals surface area contributed by atoms with Crippen molar-refractivity contribution >= 4 is 33.3 Å². The van der Waals surface area contributed by atoms with Gasteiger partial charge in [-0.05, 0) is 52.3 Å². The number of benzene rings is 2. The smallest absolute Gasteiger partial charge is 0.197 e. The van der Waals surface area contributed by atoms with Crippen molar-refractivity contribution in [3.63, 3.8) is 0 Å². The van der Waals surface area contributed by atoms with Crippen LogP contribution >= 0.6 is 27.5 Å². The number of hydrogen-bond acceptors (Lipinski definition) is 1. The second-order valence-electron chi connectivity index (χ2n) is 3.43. The average Bonchev–Trinajstić information content (AvgIpc) is 2.29. The third kappa shape index (κ3) is 2.56. The van der Waals surface area contributed by atoms with Crippen molar-refractivity contribution in [2.45, 2.75) is 0 Å². The first-order valence-electron chi connectivity index (χ1n) is 4.84. The van der Waals surface area contributed by atoms with Crippen molar-refractivity contribution in [2.24, 2.45) is 0 Å². The molecule has 4 heteroatoms. The van der Waals surface area contributed by atoms with E-state index in [1.54, 1.807) is 30.3 Å². The monoisotopic (exact) mass is 312 g/mol. The van der Waals surface area contributed by atoms with Crippen LogP contribution in [-0.4, -0.2) is 5.78 Å². The van der Waals surface area contributed by atoms with Gasteiger partial charge in [-0.15, -0.1) is 0 Å². The number of halogens is 3. The van der Waals surface area contributed by atoms with Gasteiger partial charge in [0.25, 0.3) is 0 Å². The Kier molecular flexibility index (Phi) is 3.60. The molecule has 0 atom stereocenters. The first-order chi connectivity index (χ1) is 8.09. The summed E-state index contributed by atoms with van der Waals surface area (Å²) in [6.45, 7) is 0. The van der Waals surface area contributed by atoms with Crippen molar-refractivity contribution in [1.82, 2.24) is 0 Å². The summed E-state index contributed by atoms with van der Waals surface area (Å²) in [5, 5.41) is 0.536. The summed E-state index contributed by atoms with van der Waals surface area (Å²) in [6, 6.07) is 10.8. The van der Waals surface area contributed by atoms with E-state index in [1.807, 2.05) is 0 Å². The van der Waals surface area contributed by atoms with Crippen LogP contribution in [0.15, 0.2) is 46.9 Å². The Labute approximate surface area is 111 Å². The molecule has 0 aliphatic carbocycles. The van der Waals surface area contributed by atoms with Gasteiger partial charge in [-0.25, -0.2) is 4.39 Å². The first kappa shape index (κ1) is 12.3. The number of carbonyl (C=O) groups is 1. The molecule has 0 bridgehead atoms. The third-order valence-corrected chi connectivity index (χ3v) is 3.21. The van der Waals surface area contributed by atoms with Crippen LogP contribution in [0.2, 0.25) is 5.02 Å². The molecule has 2 rings (SSSR count). The lowest BCUT2D eigenvalue weighted by atomic mass is 10.0. The predicted molar refractivity (Wildman–Crippen MR) is 69.0 cm³/mol. The lowest BCUT2D eigenvalue weighted by molar-refractivity contribution is 0.103. The zero-order chi connectivity index (χ0) is 12.4. The maximum Gasteiger partial charge on any atom is 0.197 e. The molecule has 0 radical (unpaired) electrons. The van der Waals surface area contributed by atoms with Crippen LogP contribution < -0.4 is 0 Å². The summed E-state index contributed by atoms with van der Waals surface area (Å²) < 4.78 is 14.0. The summed E-state index contributed by atoms with van der Waals surface area (Å²) >= 11 is 8.90. The highest BCUT2D eigenvalue weighted by Gasteiger charge is 2.16. The summed E-state index contributed by atoms with van der Waals surface area (Å²) in [4.78, 5) is 12.1. The van der Waals surface area contributed by atoms with Crippen molar-refractivity contribution in [3.05, 3.63) is 68.9 Å². The molecule has 2 aromatic carbocycles. The Balaban J connectivity index is 2.47. The zero-order valence-electron chi connectivity index (χ0n) is 8.58. The molecular formula is C13H7BrClFO. The number of ketones is 1. The van der Waals surface area contributed by atoms with Gasteiger partial charge in [-0.3, -0.25) is 4.79 Å². The normalized spacial score (nSPS) is 10.3. The fraction of sp³-hybridized carbons (Fsp3) is 0. The molecule has 0 aliphatic rings. The minimum absolute atomic E-state index is 0.0369. The van der Waals surface area contributed by atoms with E-state index in [0.29, 0.717) is 15.1 Å². The maximum absolute atomic E-state index is 13.6. The van der Waals surface area contributed by atoms with Gasteiger partial charge in [-0.2, -0.15) is 0 Å². The Bertz CT molecular complexity index is 546. The molecule has 0 fully saturated rings. The molecule has 0 aliphatic heterocycles. The van der Waals surface area contributed by atoms with Crippen LogP contribution in [0, 0.1) is 5.82 Å². The maximum atomic E-state index is 13.6. The molecule has 86 valence electrons. The van der Waals surface area contributed by atoms with E-state index in [4.69, 9.17) is 11.6 Å². The van der Waals surface area contributed by atoms with Gasteiger partial charge >= 0.3 is 0 Å². The molecule has 0 amide bonds. The molecule has 1 nitrogen and oxygen atoms in total. The van der Waals surface area contributed by atoms with Crippen molar-refractivity contribution in [3.8, 4) is 0 Å². The van der Waals surface area contributed by atoms with E-state index in [9.17, 15) is 9.18 Å². The summed E-state index contributed by atoms with van der Waals surface area (Å²) in [5.41, 5.74) is 0.440. The summed E-state index contributed by atoms with van der Waals surface area (Å²) in [6.07, 6.45) is 0. The van der Waals surface area contributed by atoms with Gasteiger partial charge in [0.1, 0.15) is 5.82 Å². The predicted octanol–water partition coefficient (Wildman–Crippen LogP) is 4.47. The molecule has 0 aromatic heterocycles. The lowest BCUT2D eigenvalue weighted by Crippen LogP contribution is -2.05. The van der Waals surface area contributed by atoms with Crippen LogP contribution in [0.5, 0.6) is 0 Å². The van der Waals surface area contributed by atoms with Gasteiger partial charge in [0.05, 0.1) is 5.56 Å². The molecule has 0 unspecified atom stereocenters. The Morgan fingerprint density at radius 3 is 2.35 bits per heavy atom. The first-order valence-corrected chi connectivity index (χ1v) is 6.01. The van der Waals surface area contributed by atoms with Crippen molar-refractivity contribution in [1.29, 1.82) is 0 Å². The topological polar surface area (TPSA) is 17.1 Å². The highest BCUT2D eigenvalue weighted by atomic mass is 79.9. The fourth-order valence-corrected chi connectivity index (χ4v) is 2.11. The van der Waals surface area contributed by atoms with Gasteiger partial charge in [0, 0.05) is 15.1 Å². The quantitative estimate of drug-likeness (QED) is 0.748. The molecule has 17 heavy (non-hydrogen) atoms. The van der Waals surface area contributed by atoms with E-state index < -0.39 is 5.82 Å². The van der Waals surface area contributed by atoms with Crippen LogP contribution in [0.1, 0.15) is 15.9 Å². The van der Waals surface area contributed by atoms with Crippen LogP contribution in [0.3, 0.4) is 0 Å². The van der Waals surface area contributed by atoms with E-state index in [1.165, 1.54) is 12.1 Å². The Hall–Kier alpha value is -1.19. The Morgan fingerprint density at radius 2 is 1.76 bits per heavy atom. The van der Waals surface area contributed by atoms with E-state index in [2.05, 4.69) is 15.9 Å². The minimum Gasteiger partial charge on any atom is -0.288 e. The lowest BCUT2D eigenvalue weighted by Gasteiger charge is -2.05. The van der Waals surface area contributed by atoms with Crippen molar-refractivity contribution < 1.29 is 9.18 Å². The van der Waals surface area contributed by atoms with Gasteiger partial charge in [-0.1, -0.05) is 17.7 Å². The van der Waals surface area contributed by atoms with Gasteiger partial charge in [0.15, 0.2) is 5.78 Å². The van der Waals surface area contributed by atoms with Crippen LogP contribution in [-0.2, 0) is 0 Å². The largest absolute Gasteiger partial charge is 0.288 e. The standard InChI is InChI=1S/C13H7BrClFO/c14-10-2-1-3-11(16)12(10)13(17)8-4-6-9(15)7-5-8/h1-7H. The highest BCUT2D eigenvalue weighted by Crippen LogP contribution is 2.23. The van der Waals surface area contributed by atoms with Gasteiger partial charge in [0.2, 0.25) is 0 Å². The second-order valence-corrected chi connectivity index (χ2v) is 4.72. The number of hydrogen-bond donors (Lipinski definition) is 0. The van der Waals surface area contributed by atoms with E-state index in [0.717, 1.165) is 0 Å². The highest BCUT2D eigenvalue weighted by molar-refractivity contribution is 9.10. The van der Waals surface area contributed by atoms with Crippen LogP contribution in [0.25, 0.3) is 0 Å². The number of rotatable bonds is 2. The second kappa shape index (κ2) is 4.98. The summed E-state index contributed by atoms with van der Waals surface area (Å²) in [5.74, 6) is -0.911. The van der Waals surface area contributed by atoms with Gasteiger partial charge < -0.3 is 0 Å². The summed E-state index contributed by atoms with van der Waals surface area (Å²) in [7, 11) is 0. The molecule has 0 saturated heterocycles. The van der Waals surface area contributed by atoms with E-state index >= 15 is 0 Å². The van der Waals surface area contributed by atoms with E-state index in [-0.39, 0.29) is 11.3 Å². The van der Waals surface area contributed by atoms with Crippen molar-refractivity contribution in [2.75, 3.05) is 0 Å².